The summed E-state index contributed by atoms with van der Waals surface area (Å²) in [5.74, 6) is 0.854. The number of ether oxygens (including phenoxy) is 1. The Hall–Kier alpha value is -4.31. The van der Waals surface area contributed by atoms with Crippen LogP contribution in [-0.2, 0) is 11.8 Å². The van der Waals surface area contributed by atoms with Gasteiger partial charge < -0.3 is 15.5 Å². The summed E-state index contributed by atoms with van der Waals surface area (Å²) in [6.45, 7) is 1.42. The van der Waals surface area contributed by atoms with Gasteiger partial charge in [-0.2, -0.15) is 5.10 Å². The first-order valence-electron chi connectivity index (χ1n) is 12.2. The number of fused-ring (bicyclic) bond motifs is 1. The smallest absolute Gasteiger partial charge is 0.256 e. The molecule has 4 aromatic rings. The predicted molar refractivity (Wildman–Crippen MR) is 137 cm³/mol. The summed E-state index contributed by atoms with van der Waals surface area (Å²) in [6, 6.07) is 9.52. The fourth-order valence-electron chi connectivity index (χ4n) is 5.04. The molecule has 1 saturated heterocycles. The lowest BCUT2D eigenvalue weighted by atomic mass is 9.88. The minimum absolute atomic E-state index is 0.211. The number of pyridine rings is 1. The summed E-state index contributed by atoms with van der Waals surface area (Å²) in [5, 5.41) is 7.73. The lowest BCUT2D eigenvalue weighted by Gasteiger charge is -2.27. The molecule has 0 aliphatic carbocycles. The van der Waals surface area contributed by atoms with Crippen LogP contribution < -0.4 is 10.7 Å². The van der Waals surface area contributed by atoms with Crippen molar-refractivity contribution in [1.29, 1.82) is 0 Å². The molecule has 3 aromatic heterocycles. The molecule has 2 aliphatic heterocycles. The highest BCUT2D eigenvalue weighted by Gasteiger charge is 2.31. The molecule has 1 amide bonds. The van der Waals surface area contributed by atoms with E-state index in [9.17, 15) is 9.18 Å². The molecule has 188 valence electrons. The zero-order valence-electron chi connectivity index (χ0n) is 20.3. The van der Waals surface area contributed by atoms with E-state index in [2.05, 4.69) is 20.7 Å². The number of nitrogens with one attached hydrogen (secondary N) is 2. The molecule has 6 rings (SSSR count). The maximum atomic E-state index is 13.7. The Morgan fingerprint density at radius 3 is 2.65 bits per heavy atom. The van der Waals surface area contributed by atoms with Crippen molar-refractivity contribution in [3.63, 3.8) is 0 Å². The van der Waals surface area contributed by atoms with Crippen LogP contribution in [0, 0.1) is 5.82 Å². The second-order valence-corrected chi connectivity index (χ2v) is 9.17. The average Bonchev–Trinajstić information content (AvgIpc) is 3.49. The molecular formula is C27H26FN7O2. The van der Waals surface area contributed by atoms with Gasteiger partial charge in [-0.25, -0.2) is 14.1 Å². The Morgan fingerprint density at radius 1 is 1.14 bits per heavy atom. The van der Waals surface area contributed by atoms with E-state index < -0.39 is 0 Å². The first kappa shape index (κ1) is 23.1. The fraction of sp³-hybridized carbons (Fsp3) is 0.259. The second-order valence-electron chi connectivity index (χ2n) is 9.17. The van der Waals surface area contributed by atoms with Gasteiger partial charge >= 0.3 is 0 Å². The van der Waals surface area contributed by atoms with Crippen molar-refractivity contribution in [2.75, 3.05) is 24.0 Å². The Kier molecular flexibility index (Phi) is 6.01. The van der Waals surface area contributed by atoms with Gasteiger partial charge in [0.25, 0.3) is 5.91 Å². The van der Waals surface area contributed by atoms with Crippen molar-refractivity contribution in [2.24, 2.45) is 7.05 Å². The molecule has 1 fully saturated rings. The Balaban J connectivity index is 1.33. The maximum Gasteiger partial charge on any atom is 0.256 e. The van der Waals surface area contributed by atoms with Gasteiger partial charge in [0.2, 0.25) is 0 Å². The summed E-state index contributed by atoms with van der Waals surface area (Å²) < 4.78 is 23.1. The van der Waals surface area contributed by atoms with Gasteiger partial charge in [0, 0.05) is 61.0 Å². The molecule has 2 N–H and O–H groups in total. The summed E-state index contributed by atoms with van der Waals surface area (Å²) >= 11 is 0. The van der Waals surface area contributed by atoms with Crippen LogP contribution in [0.5, 0.6) is 0 Å². The normalized spacial score (nSPS) is 17.3. The van der Waals surface area contributed by atoms with Crippen LogP contribution in [0.2, 0.25) is 0 Å². The molecule has 1 unspecified atom stereocenters. The highest BCUT2D eigenvalue weighted by Crippen LogP contribution is 2.39. The van der Waals surface area contributed by atoms with Crippen LogP contribution >= 0.6 is 0 Å². The van der Waals surface area contributed by atoms with Crippen molar-refractivity contribution in [3.8, 4) is 11.3 Å². The third kappa shape index (κ3) is 4.51. The topological polar surface area (TPSA) is 98.9 Å². The summed E-state index contributed by atoms with van der Waals surface area (Å²) in [7, 11) is 1.96. The van der Waals surface area contributed by atoms with Crippen LogP contribution in [0.4, 0.5) is 10.2 Å². The number of anilines is 1. The maximum absolute atomic E-state index is 13.7. The number of rotatable bonds is 5. The largest absolute Gasteiger partial charge is 0.381 e. The van der Waals surface area contributed by atoms with E-state index in [1.54, 1.807) is 42.9 Å². The van der Waals surface area contributed by atoms with Gasteiger partial charge in [0.1, 0.15) is 5.82 Å². The zero-order chi connectivity index (χ0) is 25.4. The van der Waals surface area contributed by atoms with Crippen LogP contribution in [0.1, 0.15) is 52.2 Å². The highest BCUT2D eigenvalue weighted by atomic mass is 19.1. The first-order valence-corrected chi connectivity index (χ1v) is 12.2. The Morgan fingerprint density at radius 2 is 1.89 bits per heavy atom. The van der Waals surface area contributed by atoms with Crippen molar-refractivity contribution >= 4 is 17.8 Å². The summed E-state index contributed by atoms with van der Waals surface area (Å²) in [5.41, 5.74) is 7.85. The number of carbonyl (C=O) groups excluding carboxylic acids is 1. The first-order chi connectivity index (χ1) is 18.1. The number of benzene rings is 1. The molecule has 0 radical (unpaired) electrons. The summed E-state index contributed by atoms with van der Waals surface area (Å²) in [4.78, 5) is 21.1. The third-order valence-electron chi connectivity index (χ3n) is 6.80. The van der Waals surface area contributed by atoms with Crippen LogP contribution in [-0.4, -0.2) is 43.5 Å². The molecule has 10 heteroatoms. The lowest BCUT2D eigenvalue weighted by Crippen LogP contribution is -2.26. The molecule has 1 aromatic carbocycles. The average molecular weight is 500 g/mol. The SMILES string of the molecule is Cn1nc(-c2ccc(F)cc2)c(C2C=Cc3nc(NC(=O)c4ccncc4)cn3N2)c1C1CCOCC1. The minimum atomic E-state index is -0.286. The number of aryl methyl sites for hydroxylation is 1. The molecule has 1 atom stereocenters. The molecule has 2 aliphatic rings. The number of hydrogen-bond donors (Lipinski definition) is 2. The number of aromatic nitrogens is 5. The van der Waals surface area contributed by atoms with Gasteiger partial charge in [-0.3, -0.25) is 14.5 Å². The van der Waals surface area contributed by atoms with Crippen LogP contribution in [0.3, 0.4) is 0 Å². The number of nitrogens with zero attached hydrogens (tertiary/aromatic N) is 5. The van der Waals surface area contributed by atoms with Crippen molar-refractivity contribution in [3.05, 3.63) is 89.5 Å². The van der Waals surface area contributed by atoms with Crippen molar-refractivity contribution < 1.29 is 13.9 Å². The minimum Gasteiger partial charge on any atom is -0.381 e. The predicted octanol–water partition coefficient (Wildman–Crippen LogP) is 4.28. The molecule has 0 saturated carbocycles. The Bertz CT molecular complexity index is 1450. The summed E-state index contributed by atoms with van der Waals surface area (Å²) in [6.07, 6.45) is 10.7. The van der Waals surface area contributed by atoms with Crippen molar-refractivity contribution in [2.45, 2.75) is 24.8 Å². The lowest BCUT2D eigenvalue weighted by molar-refractivity contribution is 0.0835. The quantitative estimate of drug-likeness (QED) is 0.425. The molecule has 0 spiro atoms. The molecule has 5 heterocycles. The standard InChI is InChI=1S/C27H26FN7O2/c1-34-26(18-10-14-37-15-11-18)24(25(33-34)17-2-4-20(28)5-3-17)21-6-7-23-30-22(16-35(23)32-21)31-27(36)19-8-12-29-13-9-19/h2-9,12-13,16,18,21,32H,10-11,14-15H2,1H3,(H,31,36). The zero-order valence-corrected chi connectivity index (χ0v) is 20.3. The fourth-order valence-corrected chi connectivity index (χ4v) is 5.04. The number of imidazole rings is 1. The third-order valence-corrected chi connectivity index (χ3v) is 6.80. The van der Waals surface area contributed by atoms with Crippen molar-refractivity contribution in [1.82, 2.24) is 24.4 Å². The van der Waals surface area contributed by atoms with Gasteiger partial charge in [-0.1, -0.05) is 6.08 Å². The van der Waals surface area contributed by atoms with Gasteiger partial charge in [-0.15, -0.1) is 0 Å². The molecule has 37 heavy (non-hydrogen) atoms. The second kappa shape index (κ2) is 9.62. The number of hydrogen-bond acceptors (Lipinski definition) is 6. The van der Waals surface area contributed by atoms with Gasteiger partial charge in [0.05, 0.1) is 17.9 Å². The van der Waals surface area contributed by atoms with E-state index >= 15 is 0 Å². The molecule has 0 bridgehead atoms. The molecule has 9 nitrogen and oxygen atoms in total. The molecular weight excluding hydrogens is 473 g/mol. The van der Waals surface area contributed by atoms with E-state index in [-0.39, 0.29) is 17.8 Å². The van der Waals surface area contributed by atoms with E-state index in [1.165, 1.54) is 12.1 Å². The van der Waals surface area contributed by atoms with E-state index in [1.807, 2.05) is 28.6 Å². The Labute approximate surface area is 213 Å². The number of carbonyl (C=O) groups is 1. The van der Waals surface area contributed by atoms with E-state index in [0.29, 0.717) is 36.3 Å². The number of halogens is 1. The highest BCUT2D eigenvalue weighted by molar-refractivity contribution is 6.03. The monoisotopic (exact) mass is 499 g/mol. The van der Waals surface area contributed by atoms with Crippen LogP contribution in [0.15, 0.2) is 61.1 Å². The van der Waals surface area contributed by atoms with Gasteiger partial charge in [0.15, 0.2) is 11.6 Å². The van der Waals surface area contributed by atoms with Gasteiger partial charge in [-0.05, 0) is 55.3 Å². The van der Waals surface area contributed by atoms with E-state index in [4.69, 9.17) is 9.84 Å². The number of amides is 1. The van der Waals surface area contributed by atoms with Crippen LogP contribution in [0.25, 0.3) is 17.3 Å². The van der Waals surface area contributed by atoms with E-state index in [0.717, 1.165) is 35.4 Å².